The molecule has 1 amide bonds. The van der Waals surface area contributed by atoms with Crippen molar-refractivity contribution in [2.24, 2.45) is 5.92 Å². The van der Waals surface area contributed by atoms with E-state index in [-0.39, 0.29) is 24.0 Å². The van der Waals surface area contributed by atoms with Gasteiger partial charge in [-0.25, -0.2) is 0 Å². The fraction of sp³-hybridized carbons (Fsp3) is 0.650. The molecule has 4 nitrogen and oxygen atoms in total. The molecule has 1 aliphatic heterocycles. The monoisotopic (exact) mass is 331 g/mol. The van der Waals surface area contributed by atoms with E-state index in [4.69, 9.17) is 4.74 Å². The zero-order valence-corrected chi connectivity index (χ0v) is 14.4. The SMILES string of the molecule is O=C(CCOCc1ccccc1)N1CCC[C@@H]1[C@@H]1CCCC[C@@H]1O. The van der Waals surface area contributed by atoms with E-state index in [1.54, 1.807) is 0 Å². The maximum Gasteiger partial charge on any atom is 0.225 e. The van der Waals surface area contributed by atoms with Crippen LogP contribution in [0.5, 0.6) is 0 Å². The van der Waals surface area contributed by atoms with Gasteiger partial charge in [0.05, 0.1) is 25.7 Å². The van der Waals surface area contributed by atoms with Crippen molar-refractivity contribution in [3.8, 4) is 0 Å². The summed E-state index contributed by atoms with van der Waals surface area (Å²) in [5.41, 5.74) is 1.13. The molecule has 0 aromatic heterocycles. The maximum absolute atomic E-state index is 12.6. The van der Waals surface area contributed by atoms with Gasteiger partial charge < -0.3 is 14.7 Å². The van der Waals surface area contributed by atoms with Gasteiger partial charge in [0.1, 0.15) is 0 Å². The smallest absolute Gasteiger partial charge is 0.225 e. The number of nitrogens with zero attached hydrogens (tertiary/aromatic N) is 1. The zero-order valence-electron chi connectivity index (χ0n) is 14.4. The normalized spacial score (nSPS) is 27.4. The molecule has 1 aromatic rings. The number of likely N-dealkylation sites (tertiary alicyclic amines) is 1. The molecule has 1 N–H and O–H groups in total. The van der Waals surface area contributed by atoms with Crippen molar-refractivity contribution in [1.82, 2.24) is 4.90 Å². The molecule has 3 atom stereocenters. The lowest BCUT2D eigenvalue weighted by molar-refractivity contribution is -0.135. The second-order valence-corrected chi connectivity index (χ2v) is 7.10. The molecule has 4 heteroatoms. The van der Waals surface area contributed by atoms with Gasteiger partial charge in [-0.05, 0) is 31.2 Å². The molecular weight excluding hydrogens is 302 g/mol. The van der Waals surface area contributed by atoms with Gasteiger partial charge in [-0.15, -0.1) is 0 Å². The molecule has 1 saturated heterocycles. The molecule has 0 bridgehead atoms. The largest absolute Gasteiger partial charge is 0.393 e. The van der Waals surface area contributed by atoms with E-state index in [0.717, 1.165) is 44.2 Å². The molecule has 1 aromatic carbocycles. The number of ether oxygens (including phenoxy) is 1. The predicted octanol–water partition coefficient (Wildman–Crippen LogP) is 3.14. The van der Waals surface area contributed by atoms with Crippen LogP contribution in [0.4, 0.5) is 0 Å². The summed E-state index contributed by atoms with van der Waals surface area (Å²) in [5, 5.41) is 10.3. The molecule has 2 aliphatic rings. The molecule has 3 rings (SSSR count). The molecule has 2 fully saturated rings. The van der Waals surface area contributed by atoms with Gasteiger partial charge in [0.2, 0.25) is 5.91 Å². The quantitative estimate of drug-likeness (QED) is 0.815. The molecule has 1 heterocycles. The Bertz CT molecular complexity index is 519. The van der Waals surface area contributed by atoms with Gasteiger partial charge in [-0.3, -0.25) is 4.79 Å². The van der Waals surface area contributed by atoms with Gasteiger partial charge in [0.15, 0.2) is 0 Å². The van der Waals surface area contributed by atoms with E-state index in [0.29, 0.717) is 19.6 Å². The maximum atomic E-state index is 12.6. The second kappa shape index (κ2) is 8.63. The standard InChI is InChI=1S/C20H29NO3/c22-19-11-5-4-9-17(19)18-10-6-13-21(18)20(23)12-14-24-15-16-7-2-1-3-8-16/h1-3,7-8,17-19,22H,4-6,9-15H2/t17-,18+,19-/m0/s1. The number of carbonyl (C=O) groups is 1. The number of hydrogen-bond donors (Lipinski definition) is 1. The molecule has 0 unspecified atom stereocenters. The summed E-state index contributed by atoms with van der Waals surface area (Å²) >= 11 is 0. The summed E-state index contributed by atoms with van der Waals surface area (Å²) < 4.78 is 5.65. The highest BCUT2D eigenvalue weighted by molar-refractivity contribution is 5.77. The third-order valence-electron chi connectivity index (χ3n) is 5.47. The van der Waals surface area contributed by atoms with E-state index in [1.807, 2.05) is 35.2 Å². The Morgan fingerprint density at radius 3 is 2.71 bits per heavy atom. The molecule has 132 valence electrons. The van der Waals surface area contributed by atoms with Crippen molar-refractivity contribution in [3.63, 3.8) is 0 Å². The predicted molar refractivity (Wildman–Crippen MR) is 93.4 cm³/mol. The number of aliphatic hydroxyl groups is 1. The first kappa shape index (κ1) is 17.4. The van der Waals surface area contributed by atoms with Crippen LogP contribution in [0.15, 0.2) is 30.3 Å². The minimum absolute atomic E-state index is 0.184. The molecule has 0 radical (unpaired) electrons. The van der Waals surface area contributed by atoms with E-state index >= 15 is 0 Å². The lowest BCUT2D eigenvalue weighted by atomic mass is 9.80. The first-order valence-electron chi connectivity index (χ1n) is 9.35. The molecular formula is C20H29NO3. The van der Waals surface area contributed by atoms with Gasteiger partial charge in [-0.2, -0.15) is 0 Å². The van der Waals surface area contributed by atoms with Gasteiger partial charge >= 0.3 is 0 Å². The Hall–Kier alpha value is -1.39. The fourth-order valence-electron chi connectivity index (χ4n) is 4.20. The van der Waals surface area contributed by atoms with Gasteiger partial charge in [0.25, 0.3) is 0 Å². The van der Waals surface area contributed by atoms with Crippen molar-refractivity contribution in [2.75, 3.05) is 13.2 Å². The van der Waals surface area contributed by atoms with Crippen molar-refractivity contribution in [1.29, 1.82) is 0 Å². The van der Waals surface area contributed by atoms with Crippen LogP contribution in [0.25, 0.3) is 0 Å². The number of amides is 1. The summed E-state index contributed by atoms with van der Waals surface area (Å²) in [4.78, 5) is 14.6. The molecule has 24 heavy (non-hydrogen) atoms. The minimum atomic E-state index is -0.230. The highest BCUT2D eigenvalue weighted by Crippen LogP contribution is 2.34. The first-order chi connectivity index (χ1) is 11.8. The average molecular weight is 331 g/mol. The average Bonchev–Trinajstić information content (AvgIpc) is 3.09. The minimum Gasteiger partial charge on any atom is -0.393 e. The van der Waals surface area contributed by atoms with Crippen molar-refractivity contribution in [2.45, 2.75) is 63.7 Å². The number of benzene rings is 1. The number of hydrogen-bond acceptors (Lipinski definition) is 3. The van der Waals surface area contributed by atoms with Crippen LogP contribution in [-0.2, 0) is 16.1 Å². The lowest BCUT2D eigenvalue weighted by Crippen LogP contribution is -2.45. The van der Waals surface area contributed by atoms with Crippen molar-refractivity contribution in [3.05, 3.63) is 35.9 Å². The number of aliphatic hydroxyl groups excluding tert-OH is 1. The topological polar surface area (TPSA) is 49.8 Å². The summed E-state index contributed by atoms with van der Waals surface area (Å²) in [7, 11) is 0. The lowest BCUT2D eigenvalue weighted by Gasteiger charge is -2.37. The summed E-state index contributed by atoms with van der Waals surface area (Å²) in [6.07, 6.45) is 6.55. The zero-order chi connectivity index (χ0) is 16.8. The Kier molecular flexibility index (Phi) is 6.27. The fourth-order valence-corrected chi connectivity index (χ4v) is 4.20. The van der Waals surface area contributed by atoms with E-state index in [2.05, 4.69) is 0 Å². The molecule has 1 aliphatic carbocycles. The van der Waals surface area contributed by atoms with Crippen LogP contribution in [0.3, 0.4) is 0 Å². The van der Waals surface area contributed by atoms with Crippen LogP contribution >= 0.6 is 0 Å². The summed E-state index contributed by atoms with van der Waals surface area (Å²) in [6, 6.07) is 10.3. The molecule has 1 saturated carbocycles. The van der Waals surface area contributed by atoms with E-state index < -0.39 is 0 Å². The van der Waals surface area contributed by atoms with Gasteiger partial charge in [0, 0.05) is 18.5 Å². The van der Waals surface area contributed by atoms with Crippen molar-refractivity contribution < 1.29 is 14.6 Å². The number of rotatable bonds is 6. The summed E-state index contributed by atoms with van der Waals surface area (Å²) in [6.45, 7) is 1.86. The Labute approximate surface area is 144 Å². The van der Waals surface area contributed by atoms with Crippen LogP contribution < -0.4 is 0 Å². The first-order valence-corrected chi connectivity index (χ1v) is 9.35. The van der Waals surface area contributed by atoms with Crippen LogP contribution in [0.2, 0.25) is 0 Å². The highest BCUT2D eigenvalue weighted by Gasteiger charge is 2.38. The molecule has 0 spiro atoms. The third-order valence-corrected chi connectivity index (χ3v) is 5.47. The Morgan fingerprint density at radius 1 is 1.12 bits per heavy atom. The van der Waals surface area contributed by atoms with Crippen LogP contribution in [-0.4, -0.2) is 41.2 Å². The summed E-state index contributed by atoms with van der Waals surface area (Å²) in [5.74, 6) is 0.457. The van der Waals surface area contributed by atoms with E-state index in [9.17, 15) is 9.90 Å². The number of carbonyl (C=O) groups excluding carboxylic acids is 1. The van der Waals surface area contributed by atoms with E-state index in [1.165, 1.54) is 6.42 Å². The van der Waals surface area contributed by atoms with Crippen LogP contribution in [0.1, 0.15) is 50.5 Å². The van der Waals surface area contributed by atoms with Crippen LogP contribution in [0, 0.1) is 5.92 Å². The Balaban J connectivity index is 1.45. The highest BCUT2D eigenvalue weighted by atomic mass is 16.5. The third kappa shape index (κ3) is 4.37. The second-order valence-electron chi connectivity index (χ2n) is 7.10. The van der Waals surface area contributed by atoms with Crippen molar-refractivity contribution >= 4 is 5.91 Å². The Morgan fingerprint density at radius 2 is 1.92 bits per heavy atom. The van der Waals surface area contributed by atoms with Gasteiger partial charge in [-0.1, -0.05) is 43.2 Å².